The SMILES string of the molecule is CCSC1CCCC1N1C(=O)C(CC(C)C)NC1C(C)C. The van der Waals surface area contributed by atoms with Crippen LogP contribution in [0.1, 0.15) is 60.3 Å². The molecule has 1 N–H and O–H groups in total. The van der Waals surface area contributed by atoms with Crippen molar-refractivity contribution in [1.82, 2.24) is 10.2 Å². The normalized spacial score (nSPS) is 33.7. The van der Waals surface area contributed by atoms with Crippen molar-refractivity contribution < 1.29 is 4.79 Å². The molecule has 1 amide bonds. The highest BCUT2D eigenvalue weighted by Crippen LogP contribution is 2.37. The van der Waals surface area contributed by atoms with Crippen LogP contribution in [0.3, 0.4) is 0 Å². The molecular weight excluding hydrogens is 280 g/mol. The Morgan fingerprint density at radius 1 is 1.29 bits per heavy atom. The van der Waals surface area contributed by atoms with Crippen LogP contribution < -0.4 is 5.32 Å². The zero-order chi connectivity index (χ0) is 15.6. The molecule has 0 aromatic rings. The van der Waals surface area contributed by atoms with E-state index in [1.165, 1.54) is 19.3 Å². The van der Waals surface area contributed by atoms with Crippen LogP contribution in [0.2, 0.25) is 0 Å². The van der Waals surface area contributed by atoms with E-state index >= 15 is 0 Å². The molecule has 1 heterocycles. The Morgan fingerprint density at radius 3 is 2.57 bits per heavy atom. The van der Waals surface area contributed by atoms with Gasteiger partial charge in [-0.3, -0.25) is 10.1 Å². The quantitative estimate of drug-likeness (QED) is 0.815. The Hall–Kier alpha value is -0.220. The zero-order valence-corrected chi connectivity index (χ0v) is 15.1. The topological polar surface area (TPSA) is 32.3 Å². The van der Waals surface area contributed by atoms with Crippen LogP contribution in [0.5, 0.6) is 0 Å². The van der Waals surface area contributed by atoms with Crippen molar-refractivity contribution in [3.8, 4) is 0 Å². The van der Waals surface area contributed by atoms with Gasteiger partial charge in [-0.2, -0.15) is 11.8 Å². The molecule has 21 heavy (non-hydrogen) atoms. The van der Waals surface area contributed by atoms with Crippen molar-refractivity contribution in [2.45, 2.75) is 83.8 Å². The third-order valence-corrected chi connectivity index (χ3v) is 6.03. The summed E-state index contributed by atoms with van der Waals surface area (Å²) in [4.78, 5) is 15.2. The Morgan fingerprint density at radius 2 is 2.00 bits per heavy atom. The summed E-state index contributed by atoms with van der Waals surface area (Å²) in [5.74, 6) is 2.54. The van der Waals surface area contributed by atoms with E-state index in [0.29, 0.717) is 29.0 Å². The lowest BCUT2D eigenvalue weighted by molar-refractivity contribution is -0.132. The van der Waals surface area contributed by atoms with Gasteiger partial charge in [0, 0.05) is 11.3 Å². The summed E-state index contributed by atoms with van der Waals surface area (Å²) in [6, 6.07) is 0.477. The van der Waals surface area contributed by atoms with Crippen LogP contribution in [0.15, 0.2) is 0 Å². The van der Waals surface area contributed by atoms with Gasteiger partial charge in [-0.15, -0.1) is 0 Å². The molecule has 1 saturated carbocycles. The minimum Gasteiger partial charge on any atom is -0.321 e. The van der Waals surface area contributed by atoms with Gasteiger partial charge in [0.25, 0.3) is 0 Å². The lowest BCUT2D eigenvalue weighted by atomic mass is 10.0. The third kappa shape index (κ3) is 3.76. The molecule has 1 aliphatic carbocycles. The van der Waals surface area contributed by atoms with Gasteiger partial charge in [0.1, 0.15) is 0 Å². The average Bonchev–Trinajstić information content (AvgIpc) is 2.95. The van der Waals surface area contributed by atoms with Crippen LogP contribution in [-0.4, -0.2) is 40.1 Å². The van der Waals surface area contributed by atoms with Crippen molar-refractivity contribution in [3.63, 3.8) is 0 Å². The molecule has 1 aliphatic heterocycles. The van der Waals surface area contributed by atoms with Crippen LogP contribution in [-0.2, 0) is 4.79 Å². The Kier molecular flexibility index (Phi) is 6.01. The first-order chi connectivity index (χ1) is 9.95. The second kappa shape index (κ2) is 7.36. The van der Waals surface area contributed by atoms with Crippen molar-refractivity contribution in [1.29, 1.82) is 0 Å². The van der Waals surface area contributed by atoms with Crippen molar-refractivity contribution in [2.24, 2.45) is 11.8 Å². The summed E-state index contributed by atoms with van der Waals surface area (Å²) in [6.45, 7) is 11.1. The minimum atomic E-state index is 0.0327. The summed E-state index contributed by atoms with van der Waals surface area (Å²) < 4.78 is 0. The van der Waals surface area contributed by atoms with E-state index in [0.717, 1.165) is 12.2 Å². The Balaban J connectivity index is 2.15. The number of hydrogen-bond donors (Lipinski definition) is 1. The van der Waals surface area contributed by atoms with Gasteiger partial charge in [-0.1, -0.05) is 41.0 Å². The summed E-state index contributed by atoms with van der Waals surface area (Å²) >= 11 is 2.04. The maximum atomic E-state index is 12.9. The van der Waals surface area contributed by atoms with Gasteiger partial charge in [-0.05, 0) is 36.9 Å². The van der Waals surface area contributed by atoms with Crippen LogP contribution in [0.4, 0.5) is 0 Å². The first kappa shape index (κ1) is 17.1. The Labute approximate surface area is 134 Å². The van der Waals surface area contributed by atoms with Crippen molar-refractivity contribution in [2.75, 3.05) is 5.75 Å². The molecule has 0 aromatic heterocycles. The molecule has 0 radical (unpaired) electrons. The van der Waals surface area contributed by atoms with E-state index < -0.39 is 0 Å². The molecule has 4 unspecified atom stereocenters. The largest absolute Gasteiger partial charge is 0.321 e. The predicted molar refractivity (Wildman–Crippen MR) is 91.4 cm³/mol. The number of carbonyl (C=O) groups is 1. The van der Waals surface area contributed by atoms with E-state index in [9.17, 15) is 4.79 Å². The van der Waals surface area contributed by atoms with Crippen LogP contribution in [0, 0.1) is 11.8 Å². The first-order valence-electron chi connectivity index (χ1n) is 8.65. The molecule has 4 heteroatoms. The van der Waals surface area contributed by atoms with Gasteiger partial charge < -0.3 is 4.90 Å². The number of nitrogens with one attached hydrogen (secondary N) is 1. The fraction of sp³-hybridized carbons (Fsp3) is 0.941. The van der Waals surface area contributed by atoms with Gasteiger partial charge in [0.15, 0.2) is 0 Å². The van der Waals surface area contributed by atoms with E-state index in [1.807, 2.05) is 11.8 Å². The summed E-state index contributed by atoms with van der Waals surface area (Å²) in [5, 5.41) is 4.27. The minimum absolute atomic E-state index is 0.0327. The third-order valence-electron chi connectivity index (χ3n) is 4.72. The van der Waals surface area contributed by atoms with E-state index in [1.54, 1.807) is 0 Å². The van der Waals surface area contributed by atoms with Crippen LogP contribution in [0.25, 0.3) is 0 Å². The molecule has 4 atom stereocenters. The van der Waals surface area contributed by atoms with Gasteiger partial charge in [0.2, 0.25) is 5.91 Å². The lowest BCUT2D eigenvalue weighted by Gasteiger charge is -2.35. The molecule has 0 aromatic carbocycles. The smallest absolute Gasteiger partial charge is 0.241 e. The summed E-state index contributed by atoms with van der Waals surface area (Å²) in [6.07, 6.45) is 4.90. The molecule has 2 rings (SSSR count). The van der Waals surface area contributed by atoms with Gasteiger partial charge in [0.05, 0.1) is 12.2 Å². The second-order valence-corrected chi connectivity index (χ2v) is 8.79. The lowest BCUT2D eigenvalue weighted by Crippen LogP contribution is -2.49. The highest BCUT2D eigenvalue weighted by molar-refractivity contribution is 7.99. The molecule has 0 bridgehead atoms. The van der Waals surface area contributed by atoms with E-state index in [4.69, 9.17) is 0 Å². The number of rotatable bonds is 6. The summed E-state index contributed by atoms with van der Waals surface area (Å²) in [7, 11) is 0. The number of nitrogens with zero attached hydrogens (tertiary/aromatic N) is 1. The number of hydrogen-bond acceptors (Lipinski definition) is 3. The molecule has 122 valence electrons. The summed E-state index contributed by atoms with van der Waals surface area (Å²) in [5.41, 5.74) is 0. The molecule has 2 fully saturated rings. The monoisotopic (exact) mass is 312 g/mol. The number of thioether (sulfide) groups is 1. The highest BCUT2D eigenvalue weighted by atomic mass is 32.2. The molecule has 1 saturated heterocycles. The second-order valence-electron chi connectivity index (χ2n) is 7.28. The fourth-order valence-electron chi connectivity index (χ4n) is 3.83. The van der Waals surface area contributed by atoms with Gasteiger partial charge in [-0.25, -0.2) is 0 Å². The van der Waals surface area contributed by atoms with E-state index in [-0.39, 0.29) is 12.2 Å². The standard InChI is InChI=1S/C17H32N2OS/c1-6-21-15-9-7-8-14(15)19-16(12(4)5)18-13(17(19)20)10-11(2)3/h11-16,18H,6-10H2,1-5H3. The highest BCUT2D eigenvalue weighted by Gasteiger charge is 2.46. The van der Waals surface area contributed by atoms with E-state index in [2.05, 4.69) is 44.8 Å². The maximum absolute atomic E-state index is 12.9. The Bertz CT molecular complexity index is 359. The number of amides is 1. The van der Waals surface area contributed by atoms with Crippen LogP contribution >= 0.6 is 11.8 Å². The molecule has 3 nitrogen and oxygen atoms in total. The average molecular weight is 313 g/mol. The van der Waals surface area contributed by atoms with Crippen molar-refractivity contribution >= 4 is 17.7 Å². The zero-order valence-electron chi connectivity index (χ0n) is 14.3. The predicted octanol–water partition coefficient (Wildman–Crippen LogP) is 3.49. The van der Waals surface area contributed by atoms with Gasteiger partial charge >= 0.3 is 0 Å². The maximum Gasteiger partial charge on any atom is 0.241 e. The van der Waals surface area contributed by atoms with Crippen molar-refractivity contribution in [3.05, 3.63) is 0 Å². The molecule has 0 spiro atoms. The molecule has 2 aliphatic rings. The number of carbonyl (C=O) groups excluding carboxylic acids is 1. The molecular formula is C17H32N2OS. The fourth-order valence-corrected chi connectivity index (χ4v) is 5.08. The first-order valence-corrected chi connectivity index (χ1v) is 9.70.